The van der Waals surface area contributed by atoms with Crippen LogP contribution >= 0.6 is 0 Å². The van der Waals surface area contributed by atoms with Crippen molar-refractivity contribution >= 4 is 21.8 Å². The number of sulfonamides is 1. The van der Waals surface area contributed by atoms with Gasteiger partial charge in [0.25, 0.3) is 0 Å². The summed E-state index contributed by atoms with van der Waals surface area (Å²) in [4.78, 5) is 26.0. The van der Waals surface area contributed by atoms with Gasteiger partial charge in [0.15, 0.2) is 5.78 Å². The summed E-state index contributed by atoms with van der Waals surface area (Å²) >= 11 is 0. The zero-order chi connectivity index (χ0) is 24.9. The lowest BCUT2D eigenvalue weighted by atomic mass is 10.0. The van der Waals surface area contributed by atoms with Crippen LogP contribution in [0.5, 0.6) is 5.75 Å². The van der Waals surface area contributed by atoms with Crippen LogP contribution < -0.4 is 4.74 Å². The standard InChI is InChI=1S/C23H32N2O7S/c1-8-24-16(3)20(15(2)21(24)23(27)32-7)22(26)17(4)25(13-14-30-5)33(28,29)19-11-9-18(31-6)10-12-19/h9-12,17H,8,13-14H2,1-7H3. The molecule has 10 heteroatoms. The monoisotopic (exact) mass is 480 g/mol. The van der Waals surface area contributed by atoms with Crippen LogP contribution in [0.25, 0.3) is 0 Å². The minimum atomic E-state index is -4.03. The SMILES string of the molecule is CCn1c(C)c(C(=O)C(C)N(CCOC)S(=O)(=O)c2ccc(OC)cc2)c(C)c1C(=O)OC. The van der Waals surface area contributed by atoms with Gasteiger partial charge in [-0.1, -0.05) is 0 Å². The van der Waals surface area contributed by atoms with Crippen molar-refractivity contribution in [1.82, 2.24) is 8.87 Å². The van der Waals surface area contributed by atoms with E-state index in [0.29, 0.717) is 29.1 Å². The van der Waals surface area contributed by atoms with E-state index < -0.39 is 27.8 Å². The van der Waals surface area contributed by atoms with Crippen LogP contribution in [0.3, 0.4) is 0 Å². The van der Waals surface area contributed by atoms with Gasteiger partial charge >= 0.3 is 5.97 Å². The molecule has 0 aliphatic rings. The molecular formula is C23H32N2O7S. The Hall–Kier alpha value is -2.69. The van der Waals surface area contributed by atoms with Gasteiger partial charge in [0, 0.05) is 31.5 Å². The second-order valence-electron chi connectivity index (χ2n) is 7.49. The molecule has 0 amide bonds. The number of aromatic nitrogens is 1. The number of ketones is 1. The first-order valence-electron chi connectivity index (χ1n) is 10.5. The van der Waals surface area contributed by atoms with Crippen molar-refractivity contribution in [3.05, 3.63) is 46.8 Å². The Kier molecular flexibility index (Phi) is 8.82. The van der Waals surface area contributed by atoms with Crippen molar-refractivity contribution < 1.29 is 32.2 Å². The Bertz CT molecular complexity index is 1100. The van der Waals surface area contributed by atoms with Crippen molar-refractivity contribution in [2.45, 2.75) is 45.2 Å². The van der Waals surface area contributed by atoms with E-state index in [9.17, 15) is 18.0 Å². The van der Waals surface area contributed by atoms with Gasteiger partial charge in [-0.15, -0.1) is 0 Å². The maximum atomic E-state index is 13.6. The zero-order valence-electron chi connectivity index (χ0n) is 20.2. The van der Waals surface area contributed by atoms with Crippen LogP contribution in [0, 0.1) is 13.8 Å². The van der Waals surface area contributed by atoms with Gasteiger partial charge in [-0.3, -0.25) is 4.79 Å². The molecule has 2 rings (SSSR count). The fraction of sp³-hybridized carbons (Fsp3) is 0.478. The molecule has 2 aromatic rings. The van der Waals surface area contributed by atoms with Gasteiger partial charge in [0.05, 0.1) is 31.8 Å². The van der Waals surface area contributed by atoms with E-state index in [4.69, 9.17) is 14.2 Å². The van der Waals surface area contributed by atoms with E-state index in [-0.39, 0.29) is 23.7 Å². The minimum absolute atomic E-state index is 0.0196. The highest BCUT2D eigenvalue weighted by Crippen LogP contribution is 2.28. The molecule has 0 saturated carbocycles. The first-order chi connectivity index (χ1) is 15.6. The predicted octanol–water partition coefficient (Wildman–Crippen LogP) is 2.83. The number of benzene rings is 1. The van der Waals surface area contributed by atoms with Gasteiger partial charge in [-0.25, -0.2) is 13.2 Å². The minimum Gasteiger partial charge on any atom is -0.497 e. The third-order valence-corrected chi connectivity index (χ3v) is 7.69. The van der Waals surface area contributed by atoms with Crippen LogP contribution in [-0.2, 0) is 26.0 Å². The van der Waals surface area contributed by atoms with Crippen LogP contribution in [0.1, 0.15) is 46.0 Å². The number of ether oxygens (including phenoxy) is 3. The number of Topliss-reactive ketones (excluding diaryl/α,β-unsaturated/α-hetero) is 1. The van der Waals surface area contributed by atoms with E-state index in [1.54, 1.807) is 37.5 Å². The molecule has 0 saturated heterocycles. The van der Waals surface area contributed by atoms with Crippen molar-refractivity contribution in [1.29, 1.82) is 0 Å². The normalized spacial score (nSPS) is 12.6. The molecule has 1 aromatic heterocycles. The number of carbonyl (C=O) groups is 2. The molecule has 0 bridgehead atoms. The van der Waals surface area contributed by atoms with Crippen molar-refractivity contribution in [2.24, 2.45) is 0 Å². The Labute approximate surface area is 195 Å². The fourth-order valence-electron chi connectivity index (χ4n) is 3.94. The van der Waals surface area contributed by atoms with E-state index in [2.05, 4.69) is 0 Å². The molecule has 0 aliphatic carbocycles. The van der Waals surface area contributed by atoms with Crippen LogP contribution in [-0.4, -0.2) is 69.6 Å². The van der Waals surface area contributed by atoms with E-state index in [1.165, 1.54) is 33.5 Å². The summed E-state index contributed by atoms with van der Waals surface area (Å²) in [6.45, 7) is 7.34. The second kappa shape index (κ2) is 11.0. The highest BCUT2D eigenvalue weighted by Gasteiger charge is 2.36. The number of esters is 1. The highest BCUT2D eigenvalue weighted by atomic mass is 32.2. The van der Waals surface area contributed by atoms with Crippen LogP contribution in [0.15, 0.2) is 29.2 Å². The van der Waals surface area contributed by atoms with E-state index in [1.807, 2.05) is 6.92 Å². The quantitative estimate of drug-likeness (QED) is 0.360. The van der Waals surface area contributed by atoms with Gasteiger partial charge in [-0.2, -0.15) is 4.31 Å². The molecule has 0 aliphatic heterocycles. The second-order valence-corrected chi connectivity index (χ2v) is 9.38. The van der Waals surface area contributed by atoms with E-state index >= 15 is 0 Å². The van der Waals surface area contributed by atoms with E-state index in [0.717, 1.165) is 4.31 Å². The number of hydrogen-bond acceptors (Lipinski definition) is 7. The molecule has 1 aromatic carbocycles. The first kappa shape index (κ1) is 26.6. The van der Waals surface area contributed by atoms with Crippen molar-refractivity contribution in [3.8, 4) is 5.75 Å². The Morgan fingerprint density at radius 1 is 1.09 bits per heavy atom. The molecule has 1 atom stereocenters. The highest BCUT2D eigenvalue weighted by molar-refractivity contribution is 7.89. The number of carbonyl (C=O) groups excluding carboxylic acids is 2. The summed E-state index contributed by atoms with van der Waals surface area (Å²) in [7, 11) is 0.204. The summed E-state index contributed by atoms with van der Waals surface area (Å²) in [5.74, 6) is -0.439. The Morgan fingerprint density at radius 2 is 1.70 bits per heavy atom. The van der Waals surface area contributed by atoms with Crippen molar-refractivity contribution in [3.63, 3.8) is 0 Å². The van der Waals surface area contributed by atoms with Crippen LogP contribution in [0.4, 0.5) is 0 Å². The molecule has 33 heavy (non-hydrogen) atoms. The molecule has 0 radical (unpaired) electrons. The maximum absolute atomic E-state index is 13.6. The number of nitrogens with zero attached hydrogens (tertiary/aromatic N) is 2. The van der Waals surface area contributed by atoms with Gasteiger partial charge in [0.1, 0.15) is 11.4 Å². The maximum Gasteiger partial charge on any atom is 0.354 e. The summed E-state index contributed by atoms with van der Waals surface area (Å²) in [5.41, 5.74) is 1.65. The van der Waals surface area contributed by atoms with Gasteiger partial charge < -0.3 is 18.8 Å². The molecule has 9 nitrogen and oxygen atoms in total. The lowest BCUT2D eigenvalue weighted by Crippen LogP contribution is -2.45. The third kappa shape index (κ3) is 5.13. The summed E-state index contributed by atoms with van der Waals surface area (Å²) in [6.07, 6.45) is 0. The molecule has 0 fully saturated rings. The molecule has 1 unspecified atom stereocenters. The topological polar surface area (TPSA) is 104 Å². The summed E-state index contributed by atoms with van der Waals surface area (Å²) < 4.78 is 44.9. The average Bonchev–Trinajstić information content (AvgIpc) is 3.07. The smallest absolute Gasteiger partial charge is 0.354 e. The van der Waals surface area contributed by atoms with Crippen molar-refractivity contribution in [2.75, 3.05) is 34.5 Å². The molecule has 1 heterocycles. The number of methoxy groups -OCH3 is 3. The predicted molar refractivity (Wildman–Crippen MR) is 123 cm³/mol. The number of hydrogen-bond donors (Lipinski definition) is 0. The summed E-state index contributed by atoms with van der Waals surface area (Å²) in [6, 6.07) is 4.93. The Balaban J connectivity index is 2.56. The summed E-state index contributed by atoms with van der Waals surface area (Å²) in [5, 5.41) is 0. The lowest BCUT2D eigenvalue weighted by Gasteiger charge is -2.27. The first-order valence-corrected chi connectivity index (χ1v) is 12.0. The lowest BCUT2D eigenvalue weighted by molar-refractivity contribution is 0.0587. The molecule has 0 spiro atoms. The van der Waals surface area contributed by atoms with Crippen LogP contribution in [0.2, 0.25) is 0 Å². The average molecular weight is 481 g/mol. The molecular weight excluding hydrogens is 448 g/mol. The molecule has 182 valence electrons. The van der Waals surface area contributed by atoms with Gasteiger partial charge in [-0.05, 0) is 57.5 Å². The van der Waals surface area contributed by atoms with Gasteiger partial charge in [0.2, 0.25) is 10.0 Å². The number of rotatable bonds is 11. The fourth-order valence-corrected chi connectivity index (χ4v) is 5.52. The molecule has 0 N–H and O–H groups in total. The third-order valence-electron chi connectivity index (χ3n) is 5.70. The Morgan fingerprint density at radius 3 is 2.18 bits per heavy atom. The zero-order valence-corrected chi connectivity index (χ0v) is 21.0. The largest absolute Gasteiger partial charge is 0.497 e.